The van der Waals surface area contributed by atoms with Gasteiger partial charge in [0.05, 0.1) is 18.5 Å². The number of ether oxygens (including phenoxy) is 1. The van der Waals surface area contributed by atoms with Gasteiger partial charge in [0.1, 0.15) is 17.3 Å². The van der Waals surface area contributed by atoms with E-state index in [1.807, 2.05) is 215 Å². The quantitative estimate of drug-likeness (QED) is 0.0298. The van der Waals surface area contributed by atoms with Crippen LogP contribution in [0.15, 0.2) is 216 Å². The van der Waals surface area contributed by atoms with Crippen LogP contribution in [-0.2, 0) is 56.0 Å². The van der Waals surface area contributed by atoms with E-state index in [1.54, 1.807) is 124 Å². The van der Waals surface area contributed by atoms with Crippen LogP contribution in [0.1, 0.15) is 162 Å². The van der Waals surface area contributed by atoms with E-state index in [9.17, 15) is 52.7 Å². The summed E-state index contributed by atoms with van der Waals surface area (Å²) in [5, 5.41) is 35.3. The highest BCUT2D eigenvalue weighted by Crippen LogP contribution is 2.30. The number of phenols is 1. The molecule has 29 heteroatoms. The third kappa shape index (κ3) is 43.1. The lowest BCUT2D eigenvalue weighted by Gasteiger charge is -2.08. The SMILES string of the molecule is CC(C)C(=O)Nc1ccc(C(N)=O)cc1.CC(C)C(=O)Nc1ccc(Cl)cc1.CC(C)C(=O)Nc1ccc(O)cc1.CC(C)C(=O)Nc1ccc2c(c1)N=C(N)C2.CC(C)C(=O)Nc1ccc2c(c1)N=CC2.CC(C)C(=O)Nc1cccc(C(N)=O)c1.CC(C)C(=O)Nc1cccc(Cl)c1.COc1ccc(NC(=O)C(C)C)cc1.Cc1ccc(NC(=O)C(C)C)cc1. The number of phenolic OH excluding ortho intramolecular Hbond substituents is 1. The maximum atomic E-state index is 11.5. The number of aromatic hydroxyl groups is 1. The van der Waals surface area contributed by atoms with Gasteiger partial charge in [0.2, 0.25) is 65.0 Å². The Morgan fingerprint density at radius 3 is 0.992 bits per heavy atom. The average molecular weight is 1780 g/mol. The summed E-state index contributed by atoms with van der Waals surface area (Å²) < 4.78 is 5.01. The fourth-order valence-corrected chi connectivity index (χ4v) is 9.78. The Bertz CT molecular complexity index is 5000. The molecule has 0 fully saturated rings. The smallest absolute Gasteiger partial charge is 0.248 e. The van der Waals surface area contributed by atoms with Crippen LogP contribution in [0.4, 0.5) is 62.6 Å². The van der Waals surface area contributed by atoms with Crippen molar-refractivity contribution in [1.29, 1.82) is 0 Å². The van der Waals surface area contributed by atoms with Gasteiger partial charge in [-0.1, -0.05) is 190 Å². The van der Waals surface area contributed by atoms with Crippen molar-refractivity contribution in [2.24, 2.45) is 80.4 Å². The Morgan fingerprint density at radius 2 is 0.638 bits per heavy atom. The number of benzene rings is 9. The molecule has 16 N–H and O–H groups in total. The minimum Gasteiger partial charge on any atom is -0.508 e. The molecular formula is C98H124Cl2N14O13. The lowest BCUT2D eigenvalue weighted by molar-refractivity contribution is -0.119. The summed E-state index contributed by atoms with van der Waals surface area (Å²) in [4.78, 5) is 132. The summed E-state index contributed by atoms with van der Waals surface area (Å²) >= 11 is 11.5. The van der Waals surface area contributed by atoms with E-state index in [4.69, 9.17) is 50.2 Å². The number of hydrogen-bond acceptors (Lipinski definition) is 16. The van der Waals surface area contributed by atoms with Crippen LogP contribution >= 0.6 is 23.2 Å². The van der Waals surface area contributed by atoms with Crippen LogP contribution in [0.5, 0.6) is 11.5 Å². The number of hydrogen-bond donors (Lipinski definition) is 13. The highest BCUT2D eigenvalue weighted by molar-refractivity contribution is 6.31. The highest BCUT2D eigenvalue weighted by Gasteiger charge is 2.18. The van der Waals surface area contributed by atoms with Gasteiger partial charge in [-0.05, 0) is 188 Å². The number of rotatable bonds is 21. The summed E-state index contributed by atoms with van der Waals surface area (Å²) in [6, 6.07) is 60.2. The Morgan fingerprint density at radius 1 is 0.339 bits per heavy atom. The van der Waals surface area contributed by atoms with Crippen LogP contribution in [0.3, 0.4) is 0 Å². The number of amides is 11. The molecule has 0 unspecified atom stereocenters. The van der Waals surface area contributed by atoms with Crippen LogP contribution < -0.4 is 69.8 Å². The zero-order valence-corrected chi connectivity index (χ0v) is 77.6. The van der Waals surface area contributed by atoms with E-state index in [0.717, 1.165) is 63.2 Å². The number of aliphatic imine (C=N–C) groups is 2. The maximum absolute atomic E-state index is 11.5. The van der Waals surface area contributed by atoms with Crippen LogP contribution in [0, 0.1) is 60.2 Å². The van der Waals surface area contributed by atoms with Gasteiger partial charge in [0.25, 0.3) is 0 Å². The molecule has 9 aromatic carbocycles. The van der Waals surface area contributed by atoms with Gasteiger partial charge in [0, 0.05) is 145 Å². The Kier molecular flexibility index (Phi) is 47.2. The van der Waals surface area contributed by atoms with Crippen molar-refractivity contribution in [3.05, 3.63) is 244 Å². The number of aryl methyl sites for hydroxylation is 1. The molecule has 0 saturated carbocycles. The Hall–Kier alpha value is -13.5. The third-order valence-electron chi connectivity index (χ3n) is 17.5. The predicted octanol–water partition coefficient (Wildman–Crippen LogP) is 19.9. The first-order valence-corrected chi connectivity index (χ1v) is 42.2. The standard InChI is InChI=1S/C12H15N3O.C12H14N2O.2C11H14N2O2.C11H15NO2.C11H15NO.2C10H12ClNO.C10H13NO2/c1-7(2)12(16)14-9-4-3-8-5-11(13)15-10(8)6-9;1-8(2)12(15)14-10-4-3-9-5-6-13-11(9)7-10;1-7(2)11(15)13-9-5-3-8(4-6-9)10(12)14;1-7(2)11(15)13-9-5-3-4-8(6-9)10(12)14;1-8(2)11(13)12-9-4-6-10(14-3)7-5-9;1-8(2)11(13)12-10-6-4-9(3)5-7-10;1-7(2)10(13)12-9-5-3-8(11)4-6-9;1-7(2)10(13)12-9-5-3-4-8(11)6-9;1-7(2)10(13)11-8-3-5-9(12)6-4-8/h3-4,6-7H,5H2,1-2H3,(H2,13,15)(H,14,16);3-4,6-8H,5H2,1-2H3,(H,14,15);2*3-7H,1-2H3,(H2,12,14)(H,13,15);4-8H,1-3H3,(H,12,13);4-8H,1-3H3,(H,12,13);2*3-7H,1-2H3,(H,12,13);3-7,12H,1-2H3,(H,11,13). The van der Waals surface area contributed by atoms with Crippen LogP contribution in [0.2, 0.25) is 10.0 Å². The minimum atomic E-state index is -0.504. The monoisotopic (exact) mass is 1770 g/mol. The Balaban J connectivity index is 0.000000369. The number of methoxy groups -OCH3 is 1. The number of carbonyl (C=O) groups excluding carboxylic acids is 11. The van der Waals surface area contributed by atoms with E-state index >= 15 is 0 Å². The molecule has 0 aliphatic carbocycles. The number of amidine groups is 1. The molecule has 2 aliphatic rings. The van der Waals surface area contributed by atoms with Crippen LogP contribution in [-0.4, -0.2) is 89.2 Å². The van der Waals surface area contributed by atoms with Gasteiger partial charge in [-0.15, -0.1) is 0 Å². The summed E-state index contributed by atoms with van der Waals surface area (Å²) in [6.07, 6.45) is 3.49. The third-order valence-corrected chi connectivity index (χ3v) is 18.0. The topological polar surface area (TPSA) is 428 Å². The number of nitrogens with one attached hydrogen (secondary N) is 9. The number of anilines is 9. The van der Waals surface area contributed by atoms with Crippen molar-refractivity contribution < 1.29 is 62.6 Å². The summed E-state index contributed by atoms with van der Waals surface area (Å²) in [6.45, 7) is 35.3. The molecule has 0 spiro atoms. The molecule has 0 saturated heterocycles. The second-order valence-corrected chi connectivity index (χ2v) is 32.7. The van der Waals surface area contributed by atoms with Gasteiger partial charge >= 0.3 is 0 Å². The number of primary amides is 2. The average Bonchev–Trinajstić information content (AvgIpc) is 1.70. The largest absolute Gasteiger partial charge is 0.508 e. The van der Waals surface area contributed by atoms with Gasteiger partial charge in [-0.25, -0.2) is 4.99 Å². The van der Waals surface area contributed by atoms with Crippen molar-refractivity contribution in [3.63, 3.8) is 0 Å². The van der Waals surface area contributed by atoms with Gasteiger partial charge < -0.3 is 74.9 Å². The first-order valence-electron chi connectivity index (χ1n) is 41.4. The van der Waals surface area contributed by atoms with Gasteiger partial charge in [-0.3, -0.25) is 57.7 Å². The normalized spacial score (nSPS) is 10.9. The molecule has 11 rings (SSSR count). The van der Waals surface area contributed by atoms with E-state index in [1.165, 1.54) is 23.3 Å². The van der Waals surface area contributed by atoms with E-state index < -0.39 is 11.8 Å². The predicted molar refractivity (Wildman–Crippen MR) is 516 cm³/mol. The van der Waals surface area contributed by atoms with E-state index in [2.05, 4.69) is 57.8 Å². The van der Waals surface area contributed by atoms with E-state index in [0.29, 0.717) is 50.5 Å². The fourth-order valence-electron chi connectivity index (χ4n) is 9.46. The zero-order chi connectivity index (χ0) is 95.3. The number of nitrogens with zero attached hydrogens (tertiary/aromatic N) is 2. The highest BCUT2D eigenvalue weighted by atomic mass is 35.5. The van der Waals surface area contributed by atoms with Crippen molar-refractivity contribution >= 4 is 163 Å². The molecule has 0 atom stereocenters. The first-order chi connectivity index (χ1) is 59.7. The first kappa shape index (κ1) is 108. The van der Waals surface area contributed by atoms with E-state index in [-0.39, 0.29) is 112 Å². The van der Waals surface area contributed by atoms with Crippen LogP contribution in [0.25, 0.3) is 0 Å². The summed E-state index contributed by atoms with van der Waals surface area (Å²) in [5.74, 6) is 0.401. The molecule has 0 aromatic heterocycles. The second kappa shape index (κ2) is 55.6. The second-order valence-electron chi connectivity index (χ2n) is 31.8. The molecule has 27 nitrogen and oxygen atoms in total. The molecule has 0 bridgehead atoms. The molecule has 9 aromatic rings. The summed E-state index contributed by atoms with van der Waals surface area (Å²) in [7, 11) is 1.61. The molecular weight excluding hydrogens is 1650 g/mol. The molecule has 127 heavy (non-hydrogen) atoms. The van der Waals surface area contributed by atoms with Crippen molar-refractivity contribution in [2.45, 2.75) is 144 Å². The van der Waals surface area contributed by atoms with Gasteiger partial charge in [0.15, 0.2) is 0 Å². The minimum absolute atomic E-state index is 0.00163. The maximum Gasteiger partial charge on any atom is 0.248 e. The molecule has 0 radical (unpaired) electrons. The lowest BCUT2D eigenvalue weighted by atomic mass is 10.1. The Labute approximate surface area is 756 Å². The van der Waals surface area contributed by atoms with Crippen molar-refractivity contribution in [1.82, 2.24) is 0 Å². The van der Waals surface area contributed by atoms with Crippen molar-refractivity contribution in [3.8, 4) is 11.5 Å². The molecule has 11 amide bonds. The molecule has 678 valence electrons. The molecule has 2 aliphatic heterocycles. The zero-order valence-electron chi connectivity index (χ0n) is 76.0. The fraction of sp³-hybridized carbons (Fsp3) is 0.316. The number of halogens is 2. The number of fused-ring (bicyclic) bond motifs is 2. The molecule has 2 heterocycles. The van der Waals surface area contributed by atoms with Gasteiger partial charge in [-0.2, -0.15) is 0 Å². The van der Waals surface area contributed by atoms with Crippen molar-refractivity contribution in [2.75, 3.05) is 55.0 Å². The lowest BCUT2D eigenvalue weighted by Crippen LogP contribution is -2.18. The number of nitrogens with two attached hydrogens (primary N) is 3. The summed E-state index contributed by atoms with van der Waals surface area (Å²) in [5.41, 5.74) is 28.8. The number of carbonyl (C=O) groups is 11.